The molecule has 0 radical (unpaired) electrons. The fourth-order valence-corrected chi connectivity index (χ4v) is 3.54. The SMILES string of the molecule is Cc1ccc(Oc2ccc(Nc3ncnc4cccc(O[C@H](C)C(=O)NC(C)C)c34)cc2C)cn1. The number of rotatable bonds is 8. The number of hydrogen-bond donors (Lipinski definition) is 2. The summed E-state index contributed by atoms with van der Waals surface area (Å²) in [7, 11) is 0. The molecule has 0 bridgehead atoms. The first-order valence-corrected chi connectivity index (χ1v) is 11.5. The van der Waals surface area contributed by atoms with Gasteiger partial charge in [-0.15, -0.1) is 0 Å². The molecule has 0 fully saturated rings. The Morgan fingerprint density at radius 1 is 0.943 bits per heavy atom. The van der Waals surface area contributed by atoms with E-state index >= 15 is 0 Å². The van der Waals surface area contributed by atoms with Crippen LogP contribution in [0.2, 0.25) is 0 Å². The highest BCUT2D eigenvalue weighted by molar-refractivity contribution is 5.96. The number of benzene rings is 2. The minimum absolute atomic E-state index is 0.0269. The molecule has 0 unspecified atom stereocenters. The van der Waals surface area contributed by atoms with E-state index in [1.54, 1.807) is 13.1 Å². The standard InChI is InChI=1S/C27H29N5O3/c1-16(2)31-27(33)19(5)34-24-8-6-7-22-25(24)26(30-15-29-22)32-20-10-12-23(17(3)13-20)35-21-11-9-18(4)28-14-21/h6-16,19H,1-5H3,(H,31,33)(H,29,30,32)/t19-/m1/s1. The third kappa shape index (κ3) is 5.84. The second-order valence-electron chi connectivity index (χ2n) is 8.64. The molecule has 2 aromatic heterocycles. The van der Waals surface area contributed by atoms with Crippen LogP contribution >= 0.6 is 0 Å². The molecular weight excluding hydrogens is 442 g/mol. The van der Waals surface area contributed by atoms with Gasteiger partial charge in [-0.2, -0.15) is 0 Å². The van der Waals surface area contributed by atoms with Crippen molar-refractivity contribution in [3.63, 3.8) is 0 Å². The molecule has 0 aliphatic heterocycles. The summed E-state index contributed by atoms with van der Waals surface area (Å²) in [5.41, 5.74) is 3.42. The molecule has 1 atom stereocenters. The lowest BCUT2D eigenvalue weighted by atomic mass is 10.1. The van der Waals surface area contributed by atoms with E-state index in [-0.39, 0.29) is 11.9 Å². The van der Waals surface area contributed by atoms with Crippen molar-refractivity contribution in [3.05, 3.63) is 72.3 Å². The quantitative estimate of drug-likeness (QED) is 0.352. The largest absolute Gasteiger partial charge is 0.480 e. The molecule has 35 heavy (non-hydrogen) atoms. The normalized spacial score (nSPS) is 11.8. The van der Waals surface area contributed by atoms with E-state index in [9.17, 15) is 4.79 Å². The number of nitrogens with zero attached hydrogens (tertiary/aromatic N) is 3. The van der Waals surface area contributed by atoms with Gasteiger partial charge in [-0.05, 0) is 82.6 Å². The maximum absolute atomic E-state index is 12.4. The first-order chi connectivity index (χ1) is 16.8. The molecule has 2 aromatic carbocycles. The Morgan fingerprint density at radius 2 is 1.77 bits per heavy atom. The Morgan fingerprint density at radius 3 is 2.49 bits per heavy atom. The minimum Gasteiger partial charge on any atom is -0.480 e. The molecule has 180 valence electrons. The van der Waals surface area contributed by atoms with Crippen molar-refractivity contribution in [2.45, 2.75) is 46.8 Å². The van der Waals surface area contributed by atoms with Crippen molar-refractivity contribution in [2.24, 2.45) is 0 Å². The number of carbonyl (C=O) groups excluding carboxylic acids is 1. The number of nitrogens with one attached hydrogen (secondary N) is 2. The van der Waals surface area contributed by atoms with E-state index in [2.05, 4.69) is 25.6 Å². The number of pyridine rings is 1. The van der Waals surface area contributed by atoms with Gasteiger partial charge in [-0.3, -0.25) is 9.78 Å². The summed E-state index contributed by atoms with van der Waals surface area (Å²) in [4.78, 5) is 25.5. The van der Waals surface area contributed by atoms with Gasteiger partial charge in [0, 0.05) is 17.4 Å². The Hall–Kier alpha value is -4.20. The number of anilines is 2. The number of aryl methyl sites for hydroxylation is 2. The number of amides is 1. The molecule has 4 aromatic rings. The zero-order valence-electron chi connectivity index (χ0n) is 20.5. The summed E-state index contributed by atoms with van der Waals surface area (Å²) in [5, 5.41) is 6.93. The first kappa shape index (κ1) is 23.9. The average molecular weight is 472 g/mol. The summed E-state index contributed by atoms with van der Waals surface area (Å²) in [6.07, 6.45) is 2.53. The minimum atomic E-state index is -0.675. The summed E-state index contributed by atoms with van der Waals surface area (Å²) in [6, 6.07) is 15.2. The van der Waals surface area contributed by atoms with Crippen LogP contribution in [-0.4, -0.2) is 33.0 Å². The molecule has 0 spiro atoms. The average Bonchev–Trinajstić information content (AvgIpc) is 2.82. The molecule has 2 N–H and O–H groups in total. The molecule has 2 heterocycles. The highest BCUT2D eigenvalue weighted by Gasteiger charge is 2.18. The Labute approximate surface area is 204 Å². The van der Waals surface area contributed by atoms with E-state index < -0.39 is 6.10 Å². The third-order valence-corrected chi connectivity index (χ3v) is 5.28. The van der Waals surface area contributed by atoms with Gasteiger partial charge in [0.25, 0.3) is 5.91 Å². The zero-order chi connectivity index (χ0) is 24.9. The van der Waals surface area contributed by atoms with Crippen LogP contribution in [0.25, 0.3) is 10.9 Å². The van der Waals surface area contributed by atoms with Gasteiger partial charge in [-0.1, -0.05) is 6.07 Å². The number of ether oxygens (including phenoxy) is 2. The molecule has 8 nitrogen and oxygen atoms in total. The van der Waals surface area contributed by atoms with Crippen molar-refractivity contribution in [1.29, 1.82) is 0 Å². The predicted molar refractivity (Wildman–Crippen MR) is 136 cm³/mol. The number of hydrogen-bond acceptors (Lipinski definition) is 7. The predicted octanol–water partition coefficient (Wildman–Crippen LogP) is 5.47. The van der Waals surface area contributed by atoms with Crippen molar-refractivity contribution >= 4 is 28.3 Å². The van der Waals surface area contributed by atoms with Gasteiger partial charge in [0.2, 0.25) is 0 Å². The van der Waals surface area contributed by atoms with E-state index in [1.807, 2.05) is 76.2 Å². The molecule has 0 saturated carbocycles. The lowest BCUT2D eigenvalue weighted by Gasteiger charge is -2.18. The highest BCUT2D eigenvalue weighted by atomic mass is 16.5. The zero-order valence-corrected chi connectivity index (χ0v) is 20.5. The van der Waals surface area contributed by atoms with Crippen LogP contribution in [0.3, 0.4) is 0 Å². The first-order valence-electron chi connectivity index (χ1n) is 11.5. The number of aromatic nitrogens is 3. The van der Waals surface area contributed by atoms with Crippen LogP contribution in [0.4, 0.5) is 11.5 Å². The maximum Gasteiger partial charge on any atom is 0.260 e. The number of fused-ring (bicyclic) bond motifs is 1. The van der Waals surface area contributed by atoms with E-state index in [0.717, 1.165) is 22.7 Å². The second kappa shape index (κ2) is 10.4. The molecule has 1 amide bonds. The van der Waals surface area contributed by atoms with Crippen LogP contribution in [0.15, 0.2) is 61.1 Å². The summed E-state index contributed by atoms with van der Waals surface area (Å²) < 4.78 is 12.0. The van der Waals surface area contributed by atoms with Crippen molar-refractivity contribution < 1.29 is 14.3 Å². The Balaban J connectivity index is 1.59. The van der Waals surface area contributed by atoms with Gasteiger partial charge in [0.05, 0.1) is 17.1 Å². The smallest absolute Gasteiger partial charge is 0.260 e. The summed E-state index contributed by atoms with van der Waals surface area (Å²) >= 11 is 0. The highest BCUT2D eigenvalue weighted by Crippen LogP contribution is 2.33. The van der Waals surface area contributed by atoms with Crippen molar-refractivity contribution in [2.75, 3.05) is 5.32 Å². The van der Waals surface area contributed by atoms with Gasteiger partial charge in [0.1, 0.15) is 29.4 Å². The van der Waals surface area contributed by atoms with Crippen molar-refractivity contribution in [3.8, 4) is 17.2 Å². The van der Waals surface area contributed by atoms with Gasteiger partial charge < -0.3 is 20.1 Å². The van der Waals surface area contributed by atoms with Crippen LogP contribution in [0.1, 0.15) is 32.0 Å². The lowest BCUT2D eigenvalue weighted by molar-refractivity contribution is -0.127. The second-order valence-corrected chi connectivity index (χ2v) is 8.64. The topological polar surface area (TPSA) is 98.3 Å². The number of carbonyl (C=O) groups is 1. The maximum atomic E-state index is 12.4. The van der Waals surface area contributed by atoms with E-state index in [4.69, 9.17) is 9.47 Å². The molecule has 8 heteroatoms. The molecule has 4 rings (SSSR count). The van der Waals surface area contributed by atoms with Gasteiger partial charge in [0.15, 0.2) is 6.10 Å². The van der Waals surface area contributed by atoms with Gasteiger partial charge >= 0.3 is 0 Å². The van der Waals surface area contributed by atoms with Crippen LogP contribution in [-0.2, 0) is 4.79 Å². The van der Waals surface area contributed by atoms with Crippen LogP contribution in [0.5, 0.6) is 17.2 Å². The molecule has 0 saturated heterocycles. The van der Waals surface area contributed by atoms with Crippen LogP contribution in [0, 0.1) is 13.8 Å². The lowest BCUT2D eigenvalue weighted by Crippen LogP contribution is -2.40. The summed E-state index contributed by atoms with van der Waals surface area (Å²) in [6.45, 7) is 9.45. The van der Waals surface area contributed by atoms with Gasteiger partial charge in [-0.25, -0.2) is 9.97 Å². The monoisotopic (exact) mass is 471 g/mol. The molecular formula is C27H29N5O3. The summed E-state index contributed by atoms with van der Waals surface area (Å²) in [5.74, 6) is 2.35. The van der Waals surface area contributed by atoms with Crippen molar-refractivity contribution in [1.82, 2.24) is 20.3 Å². The van der Waals surface area contributed by atoms with E-state index in [1.165, 1.54) is 6.33 Å². The van der Waals surface area contributed by atoms with E-state index in [0.29, 0.717) is 28.2 Å². The Kier molecular flexibility index (Phi) is 7.10. The van der Waals surface area contributed by atoms with Crippen LogP contribution < -0.4 is 20.1 Å². The molecule has 0 aliphatic carbocycles. The third-order valence-electron chi connectivity index (χ3n) is 5.28. The fraction of sp³-hybridized carbons (Fsp3) is 0.259. The fourth-order valence-electron chi connectivity index (χ4n) is 3.54. The molecule has 0 aliphatic rings. The Bertz CT molecular complexity index is 1330.